The normalized spacial score (nSPS) is 10.9. The van der Waals surface area contributed by atoms with Crippen LogP contribution in [0.5, 0.6) is 0 Å². The number of rotatable bonds is 4. The number of nitriles is 1. The van der Waals surface area contributed by atoms with Crippen LogP contribution in [0.15, 0.2) is 53.4 Å². The third-order valence-corrected chi connectivity index (χ3v) is 4.93. The highest BCUT2D eigenvalue weighted by Gasteiger charge is 2.22. The summed E-state index contributed by atoms with van der Waals surface area (Å²) < 4.78 is 26.3. The highest BCUT2D eigenvalue weighted by atomic mass is 32.2. The number of hydrogen-bond donors (Lipinski definition) is 1. The zero-order valence-electron chi connectivity index (χ0n) is 11.5. The molecule has 0 spiro atoms. The molecule has 0 aliphatic carbocycles. The molecule has 2 aromatic rings. The maximum atomic E-state index is 12.6. The summed E-state index contributed by atoms with van der Waals surface area (Å²) in [5, 5.41) is 8.63. The lowest BCUT2D eigenvalue weighted by Crippen LogP contribution is -2.27. The molecular weight excluding hydrogens is 286 g/mol. The molecule has 0 saturated heterocycles. The molecule has 2 aromatic carbocycles. The van der Waals surface area contributed by atoms with Crippen molar-refractivity contribution < 1.29 is 8.42 Å². The molecule has 5 nitrogen and oxygen atoms in total. The van der Waals surface area contributed by atoms with Crippen molar-refractivity contribution in [3.8, 4) is 6.07 Å². The number of sulfonamides is 1. The van der Waals surface area contributed by atoms with E-state index in [1.165, 1.54) is 19.2 Å². The molecule has 0 bridgehead atoms. The molecule has 0 aliphatic rings. The predicted octanol–water partition coefficient (Wildman–Crippen LogP) is 2.16. The summed E-state index contributed by atoms with van der Waals surface area (Å²) in [6.07, 6.45) is 0.252. The first-order chi connectivity index (χ1) is 9.96. The molecule has 0 heterocycles. The highest BCUT2D eigenvalue weighted by molar-refractivity contribution is 7.92. The van der Waals surface area contributed by atoms with Gasteiger partial charge in [-0.25, -0.2) is 8.42 Å². The molecule has 0 saturated carbocycles. The lowest BCUT2D eigenvalue weighted by Gasteiger charge is -2.21. The quantitative estimate of drug-likeness (QED) is 0.877. The van der Waals surface area contributed by atoms with Crippen LogP contribution in [-0.4, -0.2) is 15.5 Å². The molecule has 0 aromatic heterocycles. The average molecular weight is 301 g/mol. The van der Waals surface area contributed by atoms with Gasteiger partial charge in [0, 0.05) is 7.05 Å². The minimum atomic E-state index is -3.68. The van der Waals surface area contributed by atoms with Gasteiger partial charge in [-0.15, -0.1) is 0 Å². The minimum Gasteiger partial charge on any atom is -0.397 e. The molecule has 0 unspecified atom stereocenters. The Morgan fingerprint density at radius 3 is 2.33 bits per heavy atom. The monoisotopic (exact) mass is 301 g/mol. The van der Waals surface area contributed by atoms with E-state index < -0.39 is 10.0 Å². The zero-order valence-corrected chi connectivity index (χ0v) is 12.3. The molecule has 0 fully saturated rings. The van der Waals surface area contributed by atoms with E-state index in [0.717, 1.165) is 9.87 Å². The Bertz CT molecular complexity index is 777. The van der Waals surface area contributed by atoms with Crippen LogP contribution in [0.1, 0.15) is 5.56 Å². The first kappa shape index (κ1) is 14.9. The van der Waals surface area contributed by atoms with Crippen molar-refractivity contribution in [1.82, 2.24) is 0 Å². The maximum Gasteiger partial charge on any atom is 0.264 e. The Balaban J connectivity index is 2.38. The van der Waals surface area contributed by atoms with Crippen LogP contribution in [-0.2, 0) is 16.4 Å². The van der Waals surface area contributed by atoms with E-state index in [9.17, 15) is 8.42 Å². The Labute approximate surface area is 124 Å². The fourth-order valence-electron chi connectivity index (χ4n) is 1.93. The van der Waals surface area contributed by atoms with E-state index in [-0.39, 0.29) is 11.3 Å². The first-order valence-corrected chi connectivity index (χ1v) is 7.70. The molecule has 108 valence electrons. The van der Waals surface area contributed by atoms with E-state index in [2.05, 4.69) is 0 Å². The summed E-state index contributed by atoms with van der Waals surface area (Å²) >= 11 is 0. The topological polar surface area (TPSA) is 87.2 Å². The van der Waals surface area contributed by atoms with Crippen LogP contribution in [0.3, 0.4) is 0 Å². The maximum absolute atomic E-state index is 12.6. The van der Waals surface area contributed by atoms with Crippen molar-refractivity contribution in [1.29, 1.82) is 5.26 Å². The van der Waals surface area contributed by atoms with Gasteiger partial charge in [-0.2, -0.15) is 5.26 Å². The average Bonchev–Trinajstić information content (AvgIpc) is 2.48. The summed E-state index contributed by atoms with van der Waals surface area (Å²) in [4.78, 5) is 0.162. The van der Waals surface area contributed by atoms with Gasteiger partial charge in [0.1, 0.15) is 0 Å². The van der Waals surface area contributed by atoms with Crippen molar-refractivity contribution in [3.05, 3.63) is 54.1 Å². The van der Waals surface area contributed by atoms with Crippen molar-refractivity contribution in [3.63, 3.8) is 0 Å². The number of nitrogens with two attached hydrogens (primary N) is 1. The molecule has 21 heavy (non-hydrogen) atoms. The molecule has 2 rings (SSSR count). The fourth-order valence-corrected chi connectivity index (χ4v) is 3.15. The predicted molar refractivity (Wildman–Crippen MR) is 82.2 cm³/mol. The van der Waals surface area contributed by atoms with E-state index in [0.29, 0.717) is 11.4 Å². The van der Waals surface area contributed by atoms with Crippen LogP contribution in [0.4, 0.5) is 11.4 Å². The van der Waals surface area contributed by atoms with Gasteiger partial charge in [-0.1, -0.05) is 24.3 Å². The first-order valence-electron chi connectivity index (χ1n) is 6.26. The van der Waals surface area contributed by atoms with Gasteiger partial charge < -0.3 is 5.73 Å². The van der Waals surface area contributed by atoms with E-state index in [1.54, 1.807) is 36.4 Å². The van der Waals surface area contributed by atoms with Crippen molar-refractivity contribution >= 4 is 21.4 Å². The zero-order chi connectivity index (χ0) is 15.5. The lowest BCUT2D eigenvalue weighted by atomic mass is 10.2. The van der Waals surface area contributed by atoms with E-state index >= 15 is 0 Å². The van der Waals surface area contributed by atoms with E-state index in [4.69, 9.17) is 11.0 Å². The van der Waals surface area contributed by atoms with Gasteiger partial charge in [0.05, 0.1) is 28.8 Å². The summed E-state index contributed by atoms with van der Waals surface area (Å²) in [5.41, 5.74) is 7.42. The fraction of sp³-hybridized carbons (Fsp3) is 0.133. The molecule has 0 atom stereocenters. The van der Waals surface area contributed by atoms with Crippen molar-refractivity contribution in [2.45, 2.75) is 11.3 Å². The molecule has 0 radical (unpaired) electrons. The number of nitrogens with zero attached hydrogens (tertiary/aromatic N) is 2. The number of nitrogen functional groups attached to an aromatic ring is 1. The van der Waals surface area contributed by atoms with Crippen LogP contribution in [0.25, 0.3) is 0 Å². The van der Waals surface area contributed by atoms with Gasteiger partial charge in [0.2, 0.25) is 0 Å². The van der Waals surface area contributed by atoms with Gasteiger partial charge in [0.15, 0.2) is 0 Å². The third-order valence-electron chi connectivity index (χ3n) is 3.14. The van der Waals surface area contributed by atoms with Gasteiger partial charge in [0.25, 0.3) is 10.0 Å². The third kappa shape index (κ3) is 2.98. The smallest absolute Gasteiger partial charge is 0.264 e. The van der Waals surface area contributed by atoms with Gasteiger partial charge in [-0.3, -0.25) is 4.31 Å². The van der Waals surface area contributed by atoms with Crippen LogP contribution < -0.4 is 10.0 Å². The van der Waals surface area contributed by atoms with Crippen molar-refractivity contribution in [2.75, 3.05) is 17.1 Å². The SMILES string of the molecule is CN(c1ccccc1N)S(=O)(=O)c1ccc(CC#N)cc1. The van der Waals surface area contributed by atoms with Crippen LogP contribution >= 0.6 is 0 Å². The standard InChI is InChI=1S/C15H15N3O2S/c1-18(15-5-3-2-4-14(15)17)21(19,20)13-8-6-12(7-9-13)10-11-16/h2-9H,10,17H2,1H3. The van der Waals surface area contributed by atoms with Crippen molar-refractivity contribution in [2.24, 2.45) is 0 Å². The summed E-state index contributed by atoms with van der Waals surface area (Å²) in [7, 11) is -2.21. The molecule has 2 N–H and O–H groups in total. The number of para-hydroxylation sites is 2. The Kier molecular flexibility index (Phi) is 4.15. The number of anilines is 2. The van der Waals surface area contributed by atoms with Crippen LogP contribution in [0, 0.1) is 11.3 Å². The Hall–Kier alpha value is -2.52. The Morgan fingerprint density at radius 1 is 1.14 bits per heavy atom. The second-order valence-corrected chi connectivity index (χ2v) is 6.48. The number of hydrogen-bond acceptors (Lipinski definition) is 4. The minimum absolute atomic E-state index is 0.162. The second kappa shape index (κ2) is 5.85. The van der Waals surface area contributed by atoms with Crippen LogP contribution in [0.2, 0.25) is 0 Å². The summed E-state index contributed by atoms with van der Waals surface area (Å²) in [6.45, 7) is 0. The van der Waals surface area contributed by atoms with Gasteiger partial charge >= 0.3 is 0 Å². The largest absolute Gasteiger partial charge is 0.397 e. The van der Waals surface area contributed by atoms with Gasteiger partial charge in [-0.05, 0) is 29.8 Å². The second-order valence-electron chi connectivity index (χ2n) is 4.51. The van der Waals surface area contributed by atoms with E-state index in [1.807, 2.05) is 6.07 Å². The Morgan fingerprint density at radius 2 is 1.76 bits per heavy atom. The molecule has 0 amide bonds. The molecular formula is C15H15N3O2S. The highest BCUT2D eigenvalue weighted by Crippen LogP contribution is 2.27. The lowest BCUT2D eigenvalue weighted by molar-refractivity contribution is 0.594. The summed E-state index contributed by atoms with van der Waals surface area (Å²) in [5.74, 6) is 0. The molecule has 0 aliphatic heterocycles. The molecule has 6 heteroatoms. The summed E-state index contributed by atoms with van der Waals surface area (Å²) in [6, 6.07) is 15.1. The number of benzene rings is 2.